The van der Waals surface area contributed by atoms with Crippen molar-refractivity contribution >= 4 is 5.94 Å². The van der Waals surface area contributed by atoms with Crippen molar-refractivity contribution in [2.45, 2.75) is 25.9 Å². The third-order valence-corrected chi connectivity index (χ3v) is 0.945. The molecule has 0 aliphatic heterocycles. The third-order valence-electron chi connectivity index (χ3n) is 0.945. The summed E-state index contributed by atoms with van der Waals surface area (Å²) in [5.41, 5.74) is 0. The summed E-state index contributed by atoms with van der Waals surface area (Å²) in [6.45, 7) is 1.86. The second-order valence-electron chi connectivity index (χ2n) is 1.62. The molecule has 2 nitrogen and oxygen atoms in total. The predicted molar refractivity (Wildman–Crippen MR) is 31.2 cm³/mol. The summed E-state index contributed by atoms with van der Waals surface area (Å²) in [5, 5.41) is 8.78. The van der Waals surface area contributed by atoms with E-state index < -0.39 is 0 Å². The molecule has 0 aliphatic carbocycles. The summed E-state index contributed by atoms with van der Waals surface area (Å²) < 4.78 is 0. The zero-order chi connectivity index (χ0) is 6.41. The Hall–Kier alpha value is -0.590. The molecule has 1 N–H and O–H groups in total. The number of hydrogen-bond donors (Lipinski definition) is 1. The van der Waals surface area contributed by atoms with Gasteiger partial charge in [0, 0.05) is 12.5 Å². The minimum Gasteiger partial charge on any atom is -0.393 e. The van der Waals surface area contributed by atoms with Crippen molar-refractivity contribution in [1.29, 1.82) is 0 Å². The monoisotopic (exact) mass is 114 g/mol. The Balaban J connectivity index is 3.23. The molecule has 0 saturated heterocycles. The molecule has 46 valence electrons. The van der Waals surface area contributed by atoms with E-state index in [4.69, 9.17) is 5.11 Å². The molecule has 0 bridgehead atoms. The minimum atomic E-state index is -0.364. The lowest BCUT2D eigenvalue weighted by atomic mass is 10.2. The van der Waals surface area contributed by atoms with Gasteiger partial charge in [-0.15, -0.1) is 0 Å². The van der Waals surface area contributed by atoms with Gasteiger partial charge in [0.05, 0.1) is 6.10 Å². The Morgan fingerprint density at radius 2 is 2.50 bits per heavy atom. The van der Waals surface area contributed by atoms with Crippen LogP contribution in [0.5, 0.6) is 0 Å². The van der Waals surface area contributed by atoms with Crippen molar-refractivity contribution in [3.05, 3.63) is 6.08 Å². The van der Waals surface area contributed by atoms with Gasteiger partial charge in [-0.25, -0.2) is 4.79 Å². The van der Waals surface area contributed by atoms with E-state index >= 15 is 0 Å². The van der Waals surface area contributed by atoms with Crippen molar-refractivity contribution in [2.24, 2.45) is 0 Å². The first-order valence-corrected chi connectivity index (χ1v) is 2.68. The molecule has 8 heavy (non-hydrogen) atoms. The molecule has 0 fully saturated rings. The first-order valence-electron chi connectivity index (χ1n) is 2.68. The molecular formula is C6H10O2. The van der Waals surface area contributed by atoms with Crippen LogP contribution in [0.15, 0.2) is 6.08 Å². The summed E-state index contributed by atoms with van der Waals surface area (Å²) in [6.07, 6.45) is 2.06. The Kier molecular flexibility index (Phi) is 4.23. The number of carbonyl (C=O) groups excluding carboxylic acids is 1. The predicted octanol–water partition coefficient (Wildman–Crippen LogP) is 0.535. The zero-order valence-corrected chi connectivity index (χ0v) is 4.92. The van der Waals surface area contributed by atoms with Crippen molar-refractivity contribution in [1.82, 2.24) is 0 Å². The average Bonchev–Trinajstić information content (AvgIpc) is 1.83. The summed E-state index contributed by atoms with van der Waals surface area (Å²) >= 11 is 0. The van der Waals surface area contributed by atoms with Gasteiger partial charge >= 0.3 is 0 Å². The van der Waals surface area contributed by atoms with Crippen LogP contribution in [0.4, 0.5) is 0 Å². The van der Waals surface area contributed by atoms with Gasteiger partial charge in [-0.05, 0) is 6.42 Å². The summed E-state index contributed by atoms with van der Waals surface area (Å²) in [4.78, 5) is 9.53. The fourth-order valence-electron chi connectivity index (χ4n) is 0.351. The van der Waals surface area contributed by atoms with E-state index in [0.29, 0.717) is 12.8 Å². The van der Waals surface area contributed by atoms with Gasteiger partial charge in [-0.2, -0.15) is 0 Å². The van der Waals surface area contributed by atoms with Crippen molar-refractivity contribution in [2.75, 3.05) is 0 Å². The average molecular weight is 114 g/mol. The highest BCUT2D eigenvalue weighted by atomic mass is 16.3. The minimum absolute atomic E-state index is 0.364. The summed E-state index contributed by atoms with van der Waals surface area (Å²) in [6, 6.07) is 0. The van der Waals surface area contributed by atoms with Crippen molar-refractivity contribution in [3.63, 3.8) is 0 Å². The second-order valence-corrected chi connectivity index (χ2v) is 1.62. The van der Waals surface area contributed by atoms with Gasteiger partial charge in [0.2, 0.25) is 0 Å². The highest BCUT2D eigenvalue weighted by Crippen LogP contribution is 1.94. The van der Waals surface area contributed by atoms with E-state index in [1.807, 2.05) is 6.92 Å². The fraction of sp³-hybridized carbons (Fsp3) is 0.667. The number of aliphatic hydroxyl groups is 1. The molecule has 1 atom stereocenters. The van der Waals surface area contributed by atoms with Crippen LogP contribution in [0.2, 0.25) is 0 Å². The van der Waals surface area contributed by atoms with E-state index in [-0.39, 0.29) is 6.10 Å². The third kappa shape index (κ3) is 3.59. The Bertz CT molecular complexity index is 92.7. The van der Waals surface area contributed by atoms with Crippen molar-refractivity contribution < 1.29 is 9.90 Å². The van der Waals surface area contributed by atoms with E-state index in [0.717, 1.165) is 0 Å². The second kappa shape index (κ2) is 4.57. The van der Waals surface area contributed by atoms with Crippen LogP contribution in [0.25, 0.3) is 0 Å². The maximum atomic E-state index is 9.53. The Morgan fingerprint density at radius 3 is 2.88 bits per heavy atom. The summed E-state index contributed by atoms with van der Waals surface area (Å²) in [5.74, 6) is 1.60. The largest absolute Gasteiger partial charge is 0.393 e. The van der Waals surface area contributed by atoms with Gasteiger partial charge < -0.3 is 5.11 Å². The van der Waals surface area contributed by atoms with Gasteiger partial charge in [0.25, 0.3) is 0 Å². The first kappa shape index (κ1) is 7.41. The Morgan fingerprint density at radius 1 is 1.88 bits per heavy atom. The van der Waals surface area contributed by atoms with Gasteiger partial charge in [0.1, 0.15) is 5.94 Å². The summed E-state index contributed by atoms with van der Waals surface area (Å²) in [7, 11) is 0. The zero-order valence-electron chi connectivity index (χ0n) is 4.92. The van der Waals surface area contributed by atoms with E-state index in [9.17, 15) is 4.79 Å². The molecule has 0 aromatic carbocycles. The lowest BCUT2D eigenvalue weighted by Gasteiger charge is -1.98. The molecule has 0 aliphatic rings. The van der Waals surface area contributed by atoms with Gasteiger partial charge in [-0.3, -0.25) is 0 Å². The molecule has 0 rings (SSSR count). The van der Waals surface area contributed by atoms with Gasteiger partial charge in [0.15, 0.2) is 0 Å². The smallest absolute Gasteiger partial charge is 0.120 e. The topological polar surface area (TPSA) is 37.3 Å². The molecule has 0 amide bonds. The SMILES string of the molecule is CCC(O)CC=C=O. The van der Waals surface area contributed by atoms with Crippen LogP contribution in [-0.4, -0.2) is 17.2 Å². The molecule has 2 heteroatoms. The normalized spacial score (nSPS) is 12.2. The number of aliphatic hydroxyl groups excluding tert-OH is 1. The van der Waals surface area contributed by atoms with Crippen molar-refractivity contribution in [3.8, 4) is 0 Å². The highest BCUT2D eigenvalue weighted by molar-refractivity contribution is 5.44. The Labute approximate surface area is 48.8 Å². The molecular weight excluding hydrogens is 104 g/mol. The molecule has 0 aromatic heterocycles. The number of hydrogen-bond acceptors (Lipinski definition) is 2. The fourth-order valence-corrected chi connectivity index (χ4v) is 0.351. The van der Waals surface area contributed by atoms with Crippen LogP contribution >= 0.6 is 0 Å². The number of rotatable bonds is 3. The molecule has 0 radical (unpaired) electrons. The maximum Gasteiger partial charge on any atom is 0.120 e. The van der Waals surface area contributed by atoms with Crippen LogP contribution < -0.4 is 0 Å². The van der Waals surface area contributed by atoms with E-state index in [1.54, 1.807) is 5.94 Å². The molecule has 1 unspecified atom stereocenters. The highest BCUT2D eigenvalue weighted by Gasteiger charge is 1.94. The lowest BCUT2D eigenvalue weighted by Crippen LogP contribution is -2.00. The lowest BCUT2D eigenvalue weighted by molar-refractivity contribution is 0.174. The first-order chi connectivity index (χ1) is 3.81. The standard InChI is InChI=1S/C6H10O2/c1-2-6(8)4-3-5-7/h3,6,8H,2,4H2,1H3. The van der Waals surface area contributed by atoms with Crippen LogP contribution in [0.1, 0.15) is 19.8 Å². The van der Waals surface area contributed by atoms with Crippen LogP contribution in [-0.2, 0) is 4.79 Å². The van der Waals surface area contributed by atoms with Gasteiger partial charge in [-0.1, -0.05) is 6.92 Å². The molecule has 0 saturated carbocycles. The quantitative estimate of drug-likeness (QED) is 0.543. The van der Waals surface area contributed by atoms with Crippen LogP contribution in [0.3, 0.4) is 0 Å². The molecule has 0 heterocycles. The van der Waals surface area contributed by atoms with E-state index in [1.165, 1.54) is 6.08 Å². The molecule has 0 spiro atoms. The van der Waals surface area contributed by atoms with Crippen LogP contribution in [0, 0.1) is 0 Å². The molecule has 0 aromatic rings. The maximum absolute atomic E-state index is 9.53. The van der Waals surface area contributed by atoms with E-state index in [2.05, 4.69) is 0 Å².